The summed E-state index contributed by atoms with van der Waals surface area (Å²) in [4.78, 5) is 14.5. The van der Waals surface area contributed by atoms with Gasteiger partial charge in [-0.2, -0.15) is 13.2 Å². The Bertz CT molecular complexity index is 946. The van der Waals surface area contributed by atoms with Crippen LogP contribution in [0.2, 0.25) is 0 Å². The van der Waals surface area contributed by atoms with Crippen LogP contribution in [0.15, 0.2) is 30.5 Å². The SMILES string of the molecule is BC(B)(B)Oc1cc(OC(F)(F)F)ccc1Oc1cc(C(F)(F)F)cnc1C(=O)O. The lowest BCUT2D eigenvalue weighted by molar-refractivity contribution is -0.274. The van der Waals surface area contributed by atoms with Crippen molar-refractivity contribution in [1.29, 1.82) is 0 Å². The topological polar surface area (TPSA) is 77.9 Å². The van der Waals surface area contributed by atoms with Crippen molar-refractivity contribution >= 4 is 29.5 Å². The molecule has 0 spiro atoms. The standard InChI is InChI=1S/C15H12B3F6NO5/c16-14(17,18)30-9-4-7(29-15(22,23)24)1-2-8(9)28-10-3-6(13(19,20)21)5-25-11(10)12(26)27/h1-5H,16-18H2,(H,26,27). The number of rotatable bonds is 6. The van der Waals surface area contributed by atoms with Gasteiger partial charge in [-0.05, 0) is 18.2 Å². The Balaban J connectivity index is 2.54. The van der Waals surface area contributed by atoms with E-state index in [1.165, 1.54) is 0 Å². The number of carbonyl (C=O) groups is 1. The predicted octanol–water partition coefficient (Wildman–Crippen LogP) is 1.38. The highest BCUT2D eigenvalue weighted by molar-refractivity contribution is 6.58. The van der Waals surface area contributed by atoms with Gasteiger partial charge in [0.05, 0.1) is 5.56 Å². The van der Waals surface area contributed by atoms with Crippen LogP contribution < -0.4 is 14.2 Å². The molecule has 1 N–H and O–H groups in total. The molecule has 0 aliphatic carbocycles. The number of aromatic nitrogens is 1. The minimum Gasteiger partial charge on any atom is -0.510 e. The van der Waals surface area contributed by atoms with E-state index >= 15 is 0 Å². The number of alkyl halides is 6. The maximum atomic E-state index is 13.0. The lowest BCUT2D eigenvalue weighted by Gasteiger charge is -2.24. The van der Waals surface area contributed by atoms with Crippen LogP contribution in [0, 0.1) is 0 Å². The summed E-state index contributed by atoms with van der Waals surface area (Å²) in [6.07, 6.45) is -9.51. The monoisotopic (exact) mass is 433 g/mol. The molecule has 2 rings (SSSR count). The van der Waals surface area contributed by atoms with Gasteiger partial charge in [0.15, 0.2) is 22.9 Å². The summed E-state index contributed by atoms with van der Waals surface area (Å²) < 4.78 is 90.9. The van der Waals surface area contributed by atoms with Crippen LogP contribution in [-0.2, 0) is 6.18 Å². The van der Waals surface area contributed by atoms with Crippen LogP contribution in [0.3, 0.4) is 0 Å². The first-order valence-electron chi connectivity index (χ1n) is 8.12. The number of benzene rings is 1. The van der Waals surface area contributed by atoms with Crippen LogP contribution in [0.25, 0.3) is 0 Å². The number of nitrogens with zero attached hydrogens (tertiary/aromatic N) is 1. The molecule has 2 aromatic rings. The zero-order valence-electron chi connectivity index (χ0n) is 15.7. The third-order valence-electron chi connectivity index (χ3n) is 3.17. The molecule has 0 amide bonds. The summed E-state index contributed by atoms with van der Waals surface area (Å²) in [5.74, 6) is -3.79. The molecule has 15 heteroatoms. The summed E-state index contributed by atoms with van der Waals surface area (Å²) in [5.41, 5.74) is -2.11. The van der Waals surface area contributed by atoms with Crippen LogP contribution >= 0.6 is 0 Å². The van der Waals surface area contributed by atoms with Crippen molar-refractivity contribution in [2.24, 2.45) is 0 Å². The van der Waals surface area contributed by atoms with E-state index in [9.17, 15) is 31.1 Å². The third-order valence-corrected chi connectivity index (χ3v) is 3.17. The maximum absolute atomic E-state index is 13.0. The van der Waals surface area contributed by atoms with Gasteiger partial charge in [-0.3, -0.25) is 0 Å². The number of hydrogen-bond donors (Lipinski definition) is 1. The first-order chi connectivity index (χ1) is 13.5. The van der Waals surface area contributed by atoms with Gasteiger partial charge in [-0.15, -0.1) is 13.2 Å². The molecule has 0 aliphatic heterocycles. The molecular weight excluding hydrogens is 421 g/mol. The highest BCUT2D eigenvalue weighted by Crippen LogP contribution is 2.39. The highest BCUT2D eigenvalue weighted by Gasteiger charge is 2.34. The molecule has 0 aliphatic rings. The van der Waals surface area contributed by atoms with E-state index in [0.717, 1.165) is 18.2 Å². The molecule has 1 aromatic heterocycles. The van der Waals surface area contributed by atoms with Gasteiger partial charge in [-0.1, -0.05) is 0 Å². The fourth-order valence-electron chi connectivity index (χ4n) is 2.14. The van der Waals surface area contributed by atoms with Crippen molar-refractivity contribution in [3.05, 3.63) is 41.7 Å². The Morgan fingerprint density at radius 1 is 0.933 bits per heavy atom. The Morgan fingerprint density at radius 3 is 2.07 bits per heavy atom. The van der Waals surface area contributed by atoms with Gasteiger partial charge in [0.25, 0.3) is 0 Å². The molecule has 0 atom stereocenters. The molecule has 1 heterocycles. The molecule has 6 nitrogen and oxygen atoms in total. The average molecular weight is 433 g/mol. The van der Waals surface area contributed by atoms with Gasteiger partial charge < -0.3 is 19.3 Å². The van der Waals surface area contributed by atoms with E-state index in [-0.39, 0.29) is 11.5 Å². The minimum absolute atomic E-state index is 0.321. The lowest BCUT2D eigenvalue weighted by Crippen LogP contribution is -2.37. The second-order valence-electron chi connectivity index (χ2n) is 6.85. The molecule has 158 valence electrons. The molecule has 0 radical (unpaired) electrons. The van der Waals surface area contributed by atoms with Crippen molar-refractivity contribution in [2.75, 3.05) is 0 Å². The number of ether oxygens (including phenoxy) is 3. The van der Waals surface area contributed by atoms with E-state index in [1.807, 2.05) is 0 Å². The molecule has 0 fully saturated rings. The molecule has 0 bridgehead atoms. The van der Waals surface area contributed by atoms with Gasteiger partial charge in [-0.25, -0.2) is 9.78 Å². The van der Waals surface area contributed by atoms with Crippen molar-refractivity contribution in [1.82, 2.24) is 4.98 Å². The van der Waals surface area contributed by atoms with Crippen LogP contribution in [-0.4, -0.2) is 51.3 Å². The van der Waals surface area contributed by atoms with Crippen LogP contribution in [0.5, 0.6) is 23.0 Å². The first-order valence-corrected chi connectivity index (χ1v) is 8.12. The Hall–Kier alpha value is -2.99. The van der Waals surface area contributed by atoms with Gasteiger partial charge in [0, 0.05) is 17.6 Å². The number of aromatic carboxylic acids is 1. The molecule has 0 saturated carbocycles. The zero-order chi connectivity index (χ0) is 22.9. The molecular formula is C15H12B3F6NO5. The average Bonchev–Trinajstić information content (AvgIpc) is 2.53. The summed E-state index contributed by atoms with van der Waals surface area (Å²) in [6.45, 7) is 0. The summed E-state index contributed by atoms with van der Waals surface area (Å²) in [7, 11) is 4.67. The van der Waals surface area contributed by atoms with Crippen molar-refractivity contribution in [3.8, 4) is 23.0 Å². The molecule has 1 aromatic carbocycles. The second-order valence-corrected chi connectivity index (χ2v) is 6.85. The predicted molar refractivity (Wildman–Crippen MR) is 98.4 cm³/mol. The normalized spacial score (nSPS) is 12.3. The molecule has 0 unspecified atom stereocenters. The Kier molecular flexibility index (Phi) is 6.24. The van der Waals surface area contributed by atoms with E-state index in [4.69, 9.17) is 14.6 Å². The van der Waals surface area contributed by atoms with E-state index in [1.54, 1.807) is 23.5 Å². The third kappa shape index (κ3) is 6.53. The highest BCUT2D eigenvalue weighted by atomic mass is 19.4. The van der Waals surface area contributed by atoms with E-state index in [2.05, 4.69) is 9.72 Å². The fourth-order valence-corrected chi connectivity index (χ4v) is 2.14. The summed E-state index contributed by atoms with van der Waals surface area (Å²) >= 11 is 0. The largest absolute Gasteiger partial charge is 0.573 e. The van der Waals surface area contributed by atoms with Crippen molar-refractivity contribution in [2.45, 2.75) is 17.8 Å². The molecule has 30 heavy (non-hydrogen) atoms. The Labute approximate surface area is 168 Å². The second kappa shape index (κ2) is 8.03. The molecule has 0 saturated heterocycles. The van der Waals surface area contributed by atoms with Crippen molar-refractivity contribution < 1.29 is 50.5 Å². The zero-order valence-corrected chi connectivity index (χ0v) is 15.7. The van der Waals surface area contributed by atoms with Gasteiger partial charge in [0.2, 0.25) is 0 Å². The van der Waals surface area contributed by atoms with Crippen LogP contribution in [0.1, 0.15) is 16.1 Å². The van der Waals surface area contributed by atoms with E-state index in [0.29, 0.717) is 12.3 Å². The minimum atomic E-state index is -5.00. The number of hydrogen-bond acceptors (Lipinski definition) is 5. The summed E-state index contributed by atoms with van der Waals surface area (Å²) in [6, 6.07) is 3.00. The van der Waals surface area contributed by atoms with E-state index < -0.39 is 46.6 Å². The van der Waals surface area contributed by atoms with Crippen molar-refractivity contribution in [3.63, 3.8) is 0 Å². The number of halogens is 6. The maximum Gasteiger partial charge on any atom is 0.573 e. The lowest BCUT2D eigenvalue weighted by atomic mass is 9.52. The smallest absolute Gasteiger partial charge is 0.510 e. The van der Waals surface area contributed by atoms with Crippen LogP contribution in [0.4, 0.5) is 26.3 Å². The first kappa shape index (κ1) is 23.3. The van der Waals surface area contributed by atoms with Gasteiger partial charge >= 0.3 is 18.5 Å². The quantitative estimate of drug-likeness (QED) is 0.549. The fraction of sp³-hybridized carbons (Fsp3) is 0.200. The van der Waals surface area contributed by atoms with Gasteiger partial charge in [0.1, 0.15) is 29.3 Å². The Morgan fingerprint density at radius 2 is 1.57 bits per heavy atom. The summed E-state index contributed by atoms with van der Waals surface area (Å²) in [5, 5.41) is 8.22. The number of carboxylic acid groups (broad SMARTS) is 1. The number of carboxylic acids is 1. The number of pyridine rings is 1.